The lowest BCUT2D eigenvalue weighted by atomic mass is 10.0. The summed E-state index contributed by atoms with van der Waals surface area (Å²) in [7, 11) is 3.25. The lowest BCUT2D eigenvalue weighted by Gasteiger charge is -2.21. The highest BCUT2D eigenvalue weighted by molar-refractivity contribution is 7.80. The molecular formula is C22H27N3O3S. The van der Waals surface area contributed by atoms with E-state index in [0.717, 1.165) is 36.3 Å². The summed E-state index contributed by atoms with van der Waals surface area (Å²) in [5, 5.41) is 7.11. The maximum atomic E-state index is 11.9. The molecule has 0 radical (unpaired) electrons. The number of hydrogen-bond donors (Lipinski definition) is 2. The molecule has 7 heteroatoms. The van der Waals surface area contributed by atoms with Crippen LogP contribution >= 0.6 is 12.2 Å². The first-order valence-corrected chi connectivity index (χ1v) is 10.2. The molecule has 2 N–H and O–H groups in total. The summed E-state index contributed by atoms with van der Waals surface area (Å²) < 4.78 is 10.7. The molecule has 6 nitrogen and oxygen atoms in total. The molecule has 2 aromatic carbocycles. The Kier molecular flexibility index (Phi) is 6.93. The lowest BCUT2D eigenvalue weighted by molar-refractivity contribution is -0.117. The van der Waals surface area contributed by atoms with Crippen LogP contribution in [0.2, 0.25) is 0 Å². The Bertz CT molecular complexity index is 870. The molecule has 1 aliphatic rings. The molecule has 1 atom stereocenters. The summed E-state index contributed by atoms with van der Waals surface area (Å²) in [6.45, 7) is 2.88. The van der Waals surface area contributed by atoms with Gasteiger partial charge in [-0.3, -0.25) is 4.79 Å². The van der Waals surface area contributed by atoms with Gasteiger partial charge >= 0.3 is 0 Å². The van der Waals surface area contributed by atoms with E-state index in [-0.39, 0.29) is 11.9 Å². The number of thiocarbonyl (C=S) groups is 1. The van der Waals surface area contributed by atoms with E-state index >= 15 is 0 Å². The fraction of sp³-hybridized carbons (Fsp3) is 0.364. The molecule has 1 heterocycles. The number of methoxy groups -OCH3 is 2. The summed E-state index contributed by atoms with van der Waals surface area (Å²) in [6, 6.07) is 13.7. The van der Waals surface area contributed by atoms with E-state index in [9.17, 15) is 4.79 Å². The third kappa shape index (κ3) is 4.98. The van der Waals surface area contributed by atoms with Crippen LogP contribution in [-0.2, 0) is 4.79 Å². The van der Waals surface area contributed by atoms with Crippen LogP contribution in [0.5, 0.6) is 11.5 Å². The van der Waals surface area contributed by atoms with Crippen molar-refractivity contribution in [3.63, 3.8) is 0 Å². The fourth-order valence-corrected chi connectivity index (χ4v) is 3.72. The maximum absolute atomic E-state index is 11.9. The van der Waals surface area contributed by atoms with Crippen LogP contribution in [0, 0.1) is 0 Å². The van der Waals surface area contributed by atoms with E-state index in [1.807, 2.05) is 47.4 Å². The van der Waals surface area contributed by atoms with Gasteiger partial charge in [0.2, 0.25) is 5.91 Å². The average Bonchev–Trinajstić information content (AvgIpc) is 3.18. The molecule has 29 heavy (non-hydrogen) atoms. The minimum atomic E-state index is 0.0382. The van der Waals surface area contributed by atoms with Crippen molar-refractivity contribution in [2.24, 2.45) is 0 Å². The molecule has 0 bridgehead atoms. The molecule has 0 unspecified atom stereocenters. The summed E-state index contributed by atoms with van der Waals surface area (Å²) in [5.74, 6) is 1.57. The van der Waals surface area contributed by atoms with E-state index in [2.05, 4.69) is 17.6 Å². The number of benzene rings is 2. The van der Waals surface area contributed by atoms with Crippen LogP contribution < -0.4 is 25.0 Å². The van der Waals surface area contributed by atoms with Gasteiger partial charge in [-0.25, -0.2) is 0 Å². The molecule has 2 aromatic rings. The standard InChI is InChI=1S/C22H27N3O3S/c1-4-18(15-7-12-19(27-2)20(14-15)28-3)24-22(29)23-16-8-10-17(11-9-16)25-13-5-6-21(25)26/h7-12,14,18H,4-6,13H2,1-3H3,(H2,23,24,29)/t18-/m0/s1. The van der Waals surface area contributed by atoms with Crippen molar-refractivity contribution in [1.29, 1.82) is 0 Å². The van der Waals surface area contributed by atoms with Crippen LogP contribution in [-0.4, -0.2) is 31.8 Å². The van der Waals surface area contributed by atoms with Gasteiger partial charge < -0.3 is 25.0 Å². The topological polar surface area (TPSA) is 62.8 Å². The highest BCUT2D eigenvalue weighted by atomic mass is 32.1. The number of hydrogen-bond acceptors (Lipinski definition) is 4. The Hall–Kier alpha value is -2.80. The lowest BCUT2D eigenvalue weighted by Crippen LogP contribution is -2.32. The molecular weight excluding hydrogens is 386 g/mol. The predicted octanol–water partition coefficient (Wildman–Crippen LogP) is 4.27. The van der Waals surface area contributed by atoms with E-state index in [4.69, 9.17) is 21.7 Å². The van der Waals surface area contributed by atoms with E-state index in [0.29, 0.717) is 23.0 Å². The smallest absolute Gasteiger partial charge is 0.227 e. The van der Waals surface area contributed by atoms with Crippen LogP contribution in [0.1, 0.15) is 37.8 Å². The van der Waals surface area contributed by atoms with Crippen LogP contribution in [0.15, 0.2) is 42.5 Å². The van der Waals surface area contributed by atoms with E-state index < -0.39 is 0 Å². The minimum absolute atomic E-state index is 0.0382. The first-order chi connectivity index (χ1) is 14.0. The van der Waals surface area contributed by atoms with Gasteiger partial charge in [0, 0.05) is 24.3 Å². The van der Waals surface area contributed by atoms with Gasteiger partial charge in [0.25, 0.3) is 0 Å². The third-order valence-electron chi connectivity index (χ3n) is 5.03. The van der Waals surface area contributed by atoms with Crippen molar-refractivity contribution in [1.82, 2.24) is 5.32 Å². The van der Waals surface area contributed by atoms with Gasteiger partial charge in [0.05, 0.1) is 20.3 Å². The zero-order valence-electron chi connectivity index (χ0n) is 17.0. The molecule has 0 aliphatic carbocycles. The number of rotatable bonds is 7. The van der Waals surface area contributed by atoms with Gasteiger partial charge in [0.1, 0.15) is 0 Å². The molecule has 154 valence electrons. The first kappa shape index (κ1) is 20.9. The summed E-state index contributed by atoms with van der Waals surface area (Å²) in [5.41, 5.74) is 2.87. The second kappa shape index (κ2) is 9.60. The number of nitrogens with one attached hydrogen (secondary N) is 2. The minimum Gasteiger partial charge on any atom is -0.493 e. The Balaban J connectivity index is 1.63. The molecule has 0 saturated carbocycles. The SMILES string of the molecule is CC[C@H](NC(=S)Nc1ccc(N2CCCC2=O)cc1)c1ccc(OC)c(OC)c1. The molecule has 1 saturated heterocycles. The zero-order chi connectivity index (χ0) is 20.8. The van der Waals surface area contributed by atoms with Crippen molar-refractivity contribution in [3.8, 4) is 11.5 Å². The monoisotopic (exact) mass is 413 g/mol. The Morgan fingerprint density at radius 1 is 1.14 bits per heavy atom. The summed E-state index contributed by atoms with van der Waals surface area (Å²) in [6.07, 6.45) is 2.40. The second-order valence-corrected chi connectivity index (χ2v) is 7.28. The van der Waals surface area contributed by atoms with E-state index in [1.165, 1.54) is 0 Å². The van der Waals surface area contributed by atoms with Gasteiger partial charge in [-0.05, 0) is 67.0 Å². The Labute approximate surface area is 177 Å². The molecule has 3 rings (SSSR count). The number of ether oxygens (including phenoxy) is 2. The highest BCUT2D eigenvalue weighted by Gasteiger charge is 2.21. The number of amides is 1. The van der Waals surface area contributed by atoms with Crippen LogP contribution in [0.3, 0.4) is 0 Å². The first-order valence-electron chi connectivity index (χ1n) is 9.75. The number of carbonyl (C=O) groups is 1. The van der Waals surface area contributed by atoms with Crippen molar-refractivity contribution >= 4 is 34.6 Å². The molecule has 1 amide bonds. The fourth-order valence-electron chi connectivity index (χ4n) is 3.46. The van der Waals surface area contributed by atoms with Crippen molar-refractivity contribution in [2.45, 2.75) is 32.2 Å². The van der Waals surface area contributed by atoms with Gasteiger partial charge in [-0.15, -0.1) is 0 Å². The maximum Gasteiger partial charge on any atom is 0.227 e. The summed E-state index contributed by atoms with van der Waals surface area (Å²) >= 11 is 5.50. The van der Waals surface area contributed by atoms with Crippen molar-refractivity contribution in [3.05, 3.63) is 48.0 Å². The van der Waals surface area contributed by atoms with Gasteiger partial charge in [-0.2, -0.15) is 0 Å². The Morgan fingerprint density at radius 3 is 2.45 bits per heavy atom. The second-order valence-electron chi connectivity index (χ2n) is 6.87. The zero-order valence-corrected chi connectivity index (χ0v) is 17.8. The molecule has 1 fully saturated rings. The molecule has 1 aliphatic heterocycles. The predicted molar refractivity (Wildman–Crippen MR) is 120 cm³/mol. The largest absolute Gasteiger partial charge is 0.493 e. The third-order valence-corrected chi connectivity index (χ3v) is 5.25. The average molecular weight is 414 g/mol. The van der Waals surface area contributed by atoms with E-state index in [1.54, 1.807) is 14.2 Å². The number of carbonyl (C=O) groups excluding carboxylic acids is 1. The quantitative estimate of drug-likeness (QED) is 0.661. The normalized spacial score (nSPS) is 14.4. The van der Waals surface area contributed by atoms with Gasteiger partial charge in [0.15, 0.2) is 16.6 Å². The van der Waals surface area contributed by atoms with Crippen molar-refractivity contribution < 1.29 is 14.3 Å². The number of anilines is 2. The highest BCUT2D eigenvalue weighted by Crippen LogP contribution is 2.31. The molecule has 0 spiro atoms. The summed E-state index contributed by atoms with van der Waals surface area (Å²) in [4.78, 5) is 13.7. The number of nitrogens with zero attached hydrogens (tertiary/aromatic N) is 1. The van der Waals surface area contributed by atoms with Crippen molar-refractivity contribution in [2.75, 3.05) is 31.0 Å². The Morgan fingerprint density at radius 2 is 1.86 bits per heavy atom. The van der Waals surface area contributed by atoms with Crippen LogP contribution in [0.25, 0.3) is 0 Å². The molecule has 0 aromatic heterocycles. The van der Waals surface area contributed by atoms with Gasteiger partial charge in [-0.1, -0.05) is 13.0 Å². The van der Waals surface area contributed by atoms with Crippen LogP contribution in [0.4, 0.5) is 11.4 Å².